The van der Waals surface area contributed by atoms with Crippen molar-refractivity contribution in [1.29, 1.82) is 0 Å². The molecule has 1 aromatic carbocycles. The number of carbonyl (C=O) groups excluding carboxylic acids is 1. The van der Waals surface area contributed by atoms with Crippen molar-refractivity contribution in [1.82, 2.24) is 25.5 Å². The largest absolute Gasteiger partial charge is 0.345 e. The quantitative estimate of drug-likeness (QED) is 0.909. The van der Waals surface area contributed by atoms with E-state index in [0.29, 0.717) is 5.02 Å². The van der Waals surface area contributed by atoms with Gasteiger partial charge in [0.25, 0.3) is 0 Å². The Kier molecular flexibility index (Phi) is 2.94. The Balaban J connectivity index is 1.68. The normalized spacial score (nSPS) is 16.1. The van der Waals surface area contributed by atoms with Gasteiger partial charge >= 0.3 is 0 Å². The first-order chi connectivity index (χ1) is 9.18. The summed E-state index contributed by atoms with van der Waals surface area (Å²) in [6, 6.07) is 7.58. The molecule has 1 N–H and O–H groups in total. The molecule has 0 aliphatic heterocycles. The van der Waals surface area contributed by atoms with Crippen molar-refractivity contribution < 1.29 is 4.79 Å². The number of amides is 1. The highest BCUT2D eigenvalue weighted by molar-refractivity contribution is 6.30. The fourth-order valence-corrected chi connectivity index (χ4v) is 2.21. The molecule has 3 rings (SSSR count). The lowest BCUT2D eigenvalue weighted by atomic mass is 10.1. The summed E-state index contributed by atoms with van der Waals surface area (Å²) in [7, 11) is 0. The second-order valence-electron chi connectivity index (χ2n) is 4.64. The lowest BCUT2D eigenvalue weighted by Gasteiger charge is -2.17. The molecule has 0 radical (unpaired) electrons. The first-order valence-corrected chi connectivity index (χ1v) is 6.34. The molecule has 2 aromatic rings. The number of nitrogens with one attached hydrogen (secondary N) is 1. The Bertz CT molecular complexity index is 577. The molecule has 0 spiro atoms. The van der Waals surface area contributed by atoms with Crippen molar-refractivity contribution in [2.75, 3.05) is 0 Å². The lowest BCUT2D eigenvalue weighted by molar-refractivity contribution is -0.122. The average molecular weight is 278 g/mol. The summed E-state index contributed by atoms with van der Waals surface area (Å²) in [4.78, 5) is 12.0. The van der Waals surface area contributed by atoms with Crippen LogP contribution >= 0.6 is 11.6 Å². The SMILES string of the molecule is O=C(Cn1cnnn1)NC1(c2ccc(Cl)cc2)CC1. The van der Waals surface area contributed by atoms with E-state index in [1.54, 1.807) is 0 Å². The number of halogens is 1. The van der Waals surface area contributed by atoms with E-state index in [-0.39, 0.29) is 18.0 Å². The highest BCUT2D eigenvalue weighted by atomic mass is 35.5. The number of benzene rings is 1. The number of nitrogens with zero attached hydrogens (tertiary/aromatic N) is 4. The molecule has 1 fully saturated rings. The van der Waals surface area contributed by atoms with E-state index in [1.807, 2.05) is 24.3 Å². The van der Waals surface area contributed by atoms with Crippen LogP contribution in [0.2, 0.25) is 5.02 Å². The number of tetrazole rings is 1. The molecular weight excluding hydrogens is 266 g/mol. The van der Waals surface area contributed by atoms with E-state index in [1.165, 1.54) is 11.0 Å². The fourth-order valence-electron chi connectivity index (χ4n) is 2.09. The average Bonchev–Trinajstić information content (AvgIpc) is 2.98. The number of hydrogen-bond donors (Lipinski definition) is 1. The van der Waals surface area contributed by atoms with Crippen molar-refractivity contribution in [3.63, 3.8) is 0 Å². The van der Waals surface area contributed by atoms with Crippen LogP contribution in [0.15, 0.2) is 30.6 Å². The lowest BCUT2D eigenvalue weighted by Crippen LogP contribution is -2.37. The Hall–Kier alpha value is -1.95. The molecule has 19 heavy (non-hydrogen) atoms. The van der Waals surface area contributed by atoms with Crippen molar-refractivity contribution in [2.24, 2.45) is 0 Å². The fraction of sp³-hybridized carbons (Fsp3) is 0.333. The van der Waals surface area contributed by atoms with Crippen LogP contribution in [0.25, 0.3) is 0 Å². The number of carbonyl (C=O) groups is 1. The van der Waals surface area contributed by atoms with Gasteiger partial charge in [-0.3, -0.25) is 4.79 Å². The monoisotopic (exact) mass is 277 g/mol. The van der Waals surface area contributed by atoms with E-state index in [2.05, 4.69) is 20.8 Å². The van der Waals surface area contributed by atoms with Gasteiger partial charge in [0.2, 0.25) is 5.91 Å². The third-order valence-corrected chi connectivity index (χ3v) is 3.47. The Morgan fingerprint density at radius 1 is 1.37 bits per heavy atom. The van der Waals surface area contributed by atoms with Crippen LogP contribution in [0.5, 0.6) is 0 Å². The van der Waals surface area contributed by atoms with Gasteiger partial charge in [0.15, 0.2) is 0 Å². The molecule has 1 saturated carbocycles. The smallest absolute Gasteiger partial charge is 0.242 e. The molecule has 1 heterocycles. The highest BCUT2D eigenvalue weighted by Crippen LogP contribution is 2.45. The standard InChI is InChI=1S/C12H12ClN5O/c13-10-3-1-9(2-4-10)12(5-6-12)15-11(19)7-18-8-14-16-17-18/h1-4,8H,5-7H2,(H,15,19). The predicted octanol–water partition coefficient (Wildman–Crippen LogP) is 1.13. The van der Waals surface area contributed by atoms with Crippen LogP contribution in [-0.2, 0) is 16.9 Å². The van der Waals surface area contributed by atoms with Crippen molar-refractivity contribution in [3.8, 4) is 0 Å². The van der Waals surface area contributed by atoms with E-state index in [9.17, 15) is 4.79 Å². The van der Waals surface area contributed by atoms with Gasteiger partial charge in [0.05, 0.1) is 5.54 Å². The molecule has 0 saturated heterocycles. The minimum absolute atomic E-state index is 0.0975. The zero-order valence-corrected chi connectivity index (χ0v) is 10.8. The second-order valence-corrected chi connectivity index (χ2v) is 5.08. The maximum atomic E-state index is 12.0. The minimum atomic E-state index is -0.240. The summed E-state index contributed by atoms with van der Waals surface area (Å²) in [6.45, 7) is 0.127. The summed E-state index contributed by atoms with van der Waals surface area (Å²) < 4.78 is 1.40. The summed E-state index contributed by atoms with van der Waals surface area (Å²) in [6.07, 6.45) is 3.30. The Labute approximate surface area is 114 Å². The topological polar surface area (TPSA) is 72.7 Å². The molecule has 6 nitrogen and oxygen atoms in total. The van der Waals surface area contributed by atoms with Crippen LogP contribution in [0, 0.1) is 0 Å². The summed E-state index contributed by atoms with van der Waals surface area (Å²) in [5, 5.41) is 14.4. The van der Waals surface area contributed by atoms with Gasteiger partial charge in [0, 0.05) is 5.02 Å². The molecule has 1 aliphatic rings. The van der Waals surface area contributed by atoms with Gasteiger partial charge < -0.3 is 5.32 Å². The number of aromatic nitrogens is 4. The molecule has 0 atom stereocenters. The van der Waals surface area contributed by atoms with Crippen molar-refractivity contribution >= 4 is 17.5 Å². The summed E-state index contributed by atoms with van der Waals surface area (Å²) >= 11 is 5.87. The summed E-state index contributed by atoms with van der Waals surface area (Å²) in [5.41, 5.74) is 0.845. The van der Waals surface area contributed by atoms with Crippen LogP contribution in [-0.4, -0.2) is 26.1 Å². The first kappa shape index (κ1) is 12.1. The third kappa shape index (κ3) is 2.58. The van der Waals surface area contributed by atoms with Gasteiger partial charge in [-0.05, 0) is 41.0 Å². The van der Waals surface area contributed by atoms with Gasteiger partial charge in [0.1, 0.15) is 12.9 Å². The van der Waals surface area contributed by atoms with E-state index < -0.39 is 0 Å². The molecule has 98 valence electrons. The van der Waals surface area contributed by atoms with Gasteiger partial charge in [-0.15, -0.1) is 5.10 Å². The molecule has 1 aromatic heterocycles. The van der Waals surface area contributed by atoms with Crippen LogP contribution in [0.4, 0.5) is 0 Å². The number of hydrogen-bond acceptors (Lipinski definition) is 4. The first-order valence-electron chi connectivity index (χ1n) is 5.96. The zero-order valence-electron chi connectivity index (χ0n) is 10.1. The van der Waals surface area contributed by atoms with Gasteiger partial charge in [-0.2, -0.15) is 0 Å². The molecular formula is C12H12ClN5O. The maximum Gasteiger partial charge on any atom is 0.242 e. The van der Waals surface area contributed by atoms with E-state index in [4.69, 9.17) is 11.6 Å². The minimum Gasteiger partial charge on any atom is -0.345 e. The molecule has 1 amide bonds. The van der Waals surface area contributed by atoms with Crippen molar-refractivity contribution in [2.45, 2.75) is 24.9 Å². The molecule has 1 aliphatic carbocycles. The van der Waals surface area contributed by atoms with E-state index >= 15 is 0 Å². The number of rotatable bonds is 4. The second kappa shape index (κ2) is 4.62. The molecule has 0 bridgehead atoms. The van der Waals surface area contributed by atoms with Crippen LogP contribution < -0.4 is 5.32 Å². The molecule has 0 unspecified atom stereocenters. The van der Waals surface area contributed by atoms with Crippen LogP contribution in [0.1, 0.15) is 18.4 Å². The predicted molar refractivity (Wildman–Crippen MR) is 68.3 cm³/mol. The molecule has 7 heteroatoms. The van der Waals surface area contributed by atoms with Crippen LogP contribution in [0.3, 0.4) is 0 Å². The van der Waals surface area contributed by atoms with Crippen molar-refractivity contribution in [3.05, 3.63) is 41.2 Å². The summed E-state index contributed by atoms with van der Waals surface area (Å²) in [5.74, 6) is -0.0975. The maximum absolute atomic E-state index is 12.0. The Morgan fingerprint density at radius 3 is 2.68 bits per heavy atom. The van der Waals surface area contributed by atoms with Gasteiger partial charge in [-0.25, -0.2) is 4.68 Å². The van der Waals surface area contributed by atoms with Gasteiger partial charge in [-0.1, -0.05) is 23.7 Å². The Morgan fingerprint density at radius 2 is 2.11 bits per heavy atom. The third-order valence-electron chi connectivity index (χ3n) is 3.22. The zero-order chi connectivity index (χ0) is 13.3. The highest BCUT2D eigenvalue weighted by Gasteiger charge is 2.45. The van der Waals surface area contributed by atoms with E-state index in [0.717, 1.165) is 18.4 Å².